The molecule has 0 fully saturated rings. The Hall–Kier alpha value is -2.49. The van der Waals surface area contributed by atoms with Gasteiger partial charge in [-0.1, -0.05) is 11.8 Å². The topological polar surface area (TPSA) is 77.1 Å². The highest BCUT2D eigenvalue weighted by Crippen LogP contribution is 2.25. The number of halogens is 2. The minimum absolute atomic E-state index is 0.0263. The molecule has 1 N–H and O–H groups in total. The fourth-order valence-electron chi connectivity index (χ4n) is 2.10. The lowest BCUT2D eigenvalue weighted by molar-refractivity contribution is 0.101. The van der Waals surface area contributed by atoms with Gasteiger partial charge in [-0.15, -0.1) is 5.10 Å². The summed E-state index contributed by atoms with van der Waals surface area (Å²) in [6.07, 6.45) is 1.96. The lowest BCUT2D eigenvalue weighted by Crippen LogP contribution is -2.16. The molecule has 120 valence electrons. The van der Waals surface area contributed by atoms with E-state index < -0.39 is 18.0 Å². The van der Waals surface area contributed by atoms with Gasteiger partial charge in [0.05, 0.1) is 17.4 Å². The number of nitrogens with one attached hydrogen (secondary N) is 1. The van der Waals surface area contributed by atoms with Crippen LogP contribution >= 0.6 is 11.8 Å². The highest BCUT2D eigenvalue weighted by molar-refractivity contribution is 7.98. The molecule has 23 heavy (non-hydrogen) atoms. The Morgan fingerprint density at radius 1 is 1.35 bits per heavy atom. The van der Waals surface area contributed by atoms with E-state index in [1.807, 2.05) is 6.26 Å². The number of carbonyl (C=O) groups is 1. The van der Waals surface area contributed by atoms with Crippen molar-refractivity contribution in [2.75, 3.05) is 11.6 Å². The number of thioether (sulfide) groups is 1. The molecule has 7 nitrogen and oxygen atoms in total. The Labute approximate surface area is 133 Å². The summed E-state index contributed by atoms with van der Waals surface area (Å²) in [6.45, 7) is 0. The van der Waals surface area contributed by atoms with E-state index in [-0.39, 0.29) is 11.4 Å². The summed E-state index contributed by atoms with van der Waals surface area (Å²) in [5.41, 5.74) is 0.359. The van der Waals surface area contributed by atoms with Crippen LogP contribution in [-0.4, -0.2) is 36.5 Å². The number of nitrogens with zero attached hydrogens (tertiary/aromatic N) is 5. The Morgan fingerprint density at radius 2 is 2.13 bits per heavy atom. The zero-order valence-electron chi connectivity index (χ0n) is 12.2. The standard InChI is InChI=1S/C13H12F2N6OS/c1-20-6-8(10(18-20)11(14)15)17-12(22)9-4-3-7-5-16-13(23-2)19-21(7)9/h3-6,11H,1-2H3,(H,17,22). The number of anilines is 1. The number of hydrogen-bond donors (Lipinski definition) is 1. The van der Waals surface area contributed by atoms with Crippen LogP contribution in [0.25, 0.3) is 5.52 Å². The Kier molecular flexibility index (Phi) is 3.99. The first-order valence-electron chi connectivity index (χ1n) is 6.51. The monoisotopic (exact) mass is 338 g/mol. The van der Waals surface area contributed by atoms with Crippen molar-refractivity contribution in [3.8, 4) is 0 Å². The van der Waals surface area contributed by atoms with Crippen LogP contribution in [0.15, 0.2) is 29.7 Å². The maximum Gasteiger partial charge on any atom is 0.284 e. The van der Waals surface area contributed by atoms with E-state index in [9.17, 15) is 13.6 Å². The summed E-state index contributed by atoms with van der Waals surface area (Å²) < 4.78 is 28.5. The maximum absolute atomic E-state index is 12.9. The number of carbonyl (C=O) groups excluding carboxylic acids is 1. The van der Waals surface area contributed by atoms with Crippen molar-refractivity contribution in [2.45, 2.75) is 11.6 Å². The van der Waals surface area contributed by atoms with Crippen LogP contribution in [0.4, 0.5) is 14.5 Å². The first-order valence-corrected chi connectivity index (χ1v) is 7.74. The lowest BCUT2D eigenvalue weighted by atomic mass is 10.3. The highest BCUT2D eigenvalue weighted by atomic mass is 32.2. The van der Waals surface area contributed by atoms with E-state index in [1.165, 1.54) is 34.2 Å². The number of fused-ring (bicyclic) bond motifs is 1. The van der Waals surface area contributed by atoms with Crippen molar-refractivity contribution < 1.29 is 13.6 Å². The summed E-state index contributed by atoms with van der Waals surface area (Å²) in [7, 11) is 1.51. The van der Waals surface area contributed by atoms with Gasteiger partial charge < -0.3 is 5.32 Å². The van der Waals surface area contributed by atoms with Crippen molar-refractivity contribution in [2.24, 2.45) is 7.05 Å². The molecule has 0 unspecified atom stereocenters. The second-order valence-corrected chi connectivity index (χ2v) is 5.43. The molecule has 0 aliphatic rings. The van der Waals surface area contributed by atoms with E-state index in [1.54, 1.807) is 18.3 Å². The smallest absolute Gasteiger partial charge is 0.284 e. The summed E-state index contributed by atoms with van der Waals surface area (Å²) in [5, 5.41) is 10.8. The van der Waals surface area contributed by atoms with Crippen LogP contribution < -0.4 is 5.32 Å². The molecule has 0 atom stereocenters. The fraction of sp³-hybridized carbons (Fsp3) is 0.231. The predicted molar refractivity (Wildman–Crippen MR) is 80.9 cm³/mol. The van der Waals surface area contributed by atoms with E-state index in [2.05, 4.69) is 20.5 Å². The molecule has 0 saturated carbocycles. The van der Waals surface area contributed by atoms with Crippen molar-refractivity contribution in [1.29, 1.82) is 0 Å². The first kappa shape index (κ1) is 15.4. The number of alkyl halides is 2. The van der Waals surface area contributed by atoms with Gasteiger partial charge in [-0.3, -0.25) is 9.48 Å². The summed E-state index contributed by atoms with van der Waals surface area (Å²) in [4.78, 5) is 16.5. The van der Waals surface area contributed by atoms with Gasteiger partial charge >= 0.3 is 0 Å². The SMILES string of the molecule is CSc1ncc2ccc(C(=O)Nc3cn(C)nc3C(F)F)n2n1. The van der Waals surface area contributed by atoms with Crippen LogP contribution in [-0.2, 0) is 7.05 Å². The average molecular weight is 338 g/mol. The van der Waals surface area contributed by atoms with Crippen molar-refractivity contribution in [3.63, 3.8) is 0 Å². The summed E-state index contributed by atoms with van der Waals surface area (Å²) in [5.74, 6) is -0.550. The lowest BCUT2D eigenvalue weighted by Gasteiger charge is -2.05. The quantitative estimate of drug-likeness (QED) is 0.739. The third-order valence-electron chi connectivity index (χ3n) is 3.10. The van der Waals surface area contributed by atoms with Crippen LogP contribution in [0.2, 0.25) is 0 Å². The molecule has 0 aromatic carbocycles. The van der Waals surface area contributed by atoms with Gasteiger partial charge in [0.1, 0.15) is 5.69 Å². The van der Waals surface area contributed by atoms with E-state index in [0.29, 0.717) is 10.7 Å². The fourth-order valence-corrected chi connectivity index (χ4v) is 2.42. The Balaban J connectivity index is 1.95. The zero-order chi connectivity index (χ0) is 16.6. The molecule has 0 radical (unpaired) electrons. The summed E-state index contributed by atoms with van der Waals surface area (Å²) in [6, 6.07) is 3.23. The number of aromatic nitrogens is 5. The van der Waals surface area contributed by atoms with E-state index in [0.717, 1.165) is 0 Å². The molecule has 1 amide bonds. The molecule has 3 rings (SSSR count). The minimum Gasteiger partial charge on any atom is -0.318 e. The molecular weight excluding hydrogens is 326 g/mol. The van der Waals surface area contributed by atoms with Gasteiger partial charge in [-0.05, 0) is 18.4 Å². The van der Waals surface area contributed by atoms with Crippen molar-refractivity contribution >= 4 is 28.9 Å². The van der Waals surface area contributed by atoms with Gasteiger partial charge in [0, 0.05) is 13.2 Å². The van der Waals surface area contributed by atoms with Gasteiger partial charge in [0.15, 0.2) is 5.69 Å². The van der Waals surface area contributed by atoms with Gasteiger partial charge in [0.25, 0.3) is 12.3 Å². The van der Waals surface area contributed by atoms with Crippen LogP contribution in [0, 0.1) is 0 Å². The third-order valence-corrected chi connectivity index (χ3v) is 3.66. The highest BCUT2D eigenvalue weighted by Gasteiger charge is 2.21. The van der Waals surface area contributed by atoms with Crippen molar-refractivity contribution in [1.82, 2.24) is 24.4 Å². The number of aryl methyl sites for hydroxylation is 1. The van der Waals surface area contributed by atoms with Gasteiger partial charge in [-0.2, -0.15) is 5.10 Å². The van der Waals surface area contributed by atoms with Crippen molar-refractivity contribution in [3.05, 3.63) is 35.9 Å². The first-order chi connectivity index (χ1) is 11.0. The van der Waals surface area contributed by atoms with E-state index >= 15 is 0 Å². The summed E-state index contributed by atoms with van der Waals surface area (Å²) >= 11 is 1.33. The largest absolute Gasteiger partial charge is 0.318 e. The Bertz CT molecular complexity index is 875. The number of amides is 1. The van der Waals surface area contributed by atoms with Gasteiger partial charge in [0.2, 0.25) is 5.16 Å². The second-order valence-electron chi connectivity index (χ2n) is 4.66. The Morgan fingerprint density at radius 3 is 2.83 bits per heavy atom. The normalized spacial score (nSPS) is 11.3. The molecule has 3 aromatic rings. The molecule has 0 bridgehead atoms. The maximum atomic E-state index is 12.9. The number of hydrogen-bond acceptors (Lipinski definition) is 5. The molecule has 3 heterocycles. The minimum atomic E-state index is -2.78. The molecule has 3 aromatic heterocycles. The third kappa shape index (κ3) is 2.89. The van der Waals surface area contributed by atoms with Gasteiger partial charge in [-0.25, -0.2) is 18.3 Å². The zero-order valence-corrected chi connectivity index (χ0v) is 13.0. The average Bonchev–Trinajstić information content (AvgIpc) is 3.09. The van der Waals surface area contributed by atoms with E-state index in [4.69, 9.17) is 0 Å². The van der Waals surface area contributed by atoms with Crippen LogP contribution in [0.1, 0.15) is 22.6 Å². The molecule has 0 saturated heterocycles. The number of rotatable bonds is 4. The molecule has 0 aliphatic carbocycles. The van der Waals surface area contributed by atoms with Crippen LogP contribution in [0.5, 0.6) is 0 Å². The van der Waals surface area contributed by atoms with Crippen LogP contribution in [0.3, 0.4) is 0 Å². The second kappa shape index (κ2) is 5.95. The molecular formula is C13H12F2N6OS. The molecule has 0 aliphatic heterocycles. The predicted octanol–water partition coefficient (Wildman–Crippen LogP) is 2.37. The molecule has 10 heteroatoms. The molecule has 0 spiro atoms.